The number of nitrogens with zero attached hydrogens (tertiary/aromatic N) is 2. The highest BCUT2D eigenvalue weighted by atomic mass is 35.5. The maximum atomic E-state index is 11.4. The first kappa shape index (κ1) is 19.0. The summed E-state index contributed by atoms with van der Waals surface area (Å²) in [5.74, 6) is 2.11. The van der Waals surface area contributed by atoms with Crippen LogP contribution in [0.2, 0.25) is 5.02 Å². The number of ether oxygens (including phenoxy) is 1. The molecule has 4 nitrogen and oxygen atoms in total. The third-order valence-electron chi connectivity index (χ3n) is 6.82. The number of aromatic nitrogens is 2. The molecular formula is C24H27ClN2O2. The van der Waals surface area contributed by atoms with Gasteiger partial charge < -0.3 is 14.2 Å². The third kappa shape index (κ3) is 3.53. The van der Waals surface area contributed by atoms with Crippen LogP contribution in [0.15, 0.2) is 42.9 Å². The van der Waals surface area contributed by atoms with E-state index in [1.807, 2.05) is 24.7 Å². The summed E-state index contributed by atoms with van der Waals surface area (Å²) in [5.41, 5.74) is 4.63. The summed E-state index contributed by atoms with van der Waals surface area (Å²) >= 11 is 6.51. The summed E-state index contributed by atoms with van der Waals surface area (Å²) in [4.78, 5) is 4.31. The van der Waals surface area contributed by atoms with E-state index in [1.165, 1.54) is 24.0 Å². The average Bonchev–Trinajstić information content (AvgIpc) is 3.49. The van der Waals surface area contributed by atoms with E-state index in [0.717, 1.165) is 47.7 Å². The highest BCUT2D eigenvalue weighted by Gasteiger charge is 2.34. The number of methoxy groups -OCH3 is 1. The zero-order chi connectivity index (χ0) is 20.0. The molecule has 2 aliphatic carbocycles. The van der Waals surface area contributed by atoms with E-state index in [9.17, 15) is 5.11 Å². The molecular weight excluding hydrogens is 384 g/mol. The molecule has 1 unspecified atom stereocenters. The van der Waals surface area contributed by atoms with Crippen LogP contribution >= 0.6 is 11.6 Å². The molecule has 0 radical (unpaired) electrons. The number of halogens is 1. The van der Waals surface area contributed by atoms with Crippen LogP contribution in [0.25, 0.3) is 5.52 Å². The second-order valence-corrected chi connectivity index (χ2v) is 8.99. The van der Waals surface area contributed by atoms with Crippen molar-refractivity contribution in [3.05, 3.63) is 64.7 Å². The van der Waals surface area contributed by atoms with Crippen molar-refractivity contribution < 1.29 is 9.84 Å². The lowest BCUT2D eigenvalue weighted by Crippen LogP contribution is -2.22. The summed E-state index contributed by atoms with van der Waals surface area (Å²) in [5, 5.41) is 12.2. The lowest BCUT2D eigenvalue weighted by Gasteiger charge is -2.33. The van der Waals surface area contributed by atoms with Crippen LogP contribution in [-0.4, -0.2) is 21.6 Å². The molecule has 29 heavy (non-hydrogen) atoms. The number of aliphatic hydroxyl groups is 1. The van der Waals surface area contributed by atoms with Gasteiger partial charge in [0.1, 0.15) is 5.75 Å². The topological polar surface area (TPSA) is 46.8 Å². The summed E-state index contributed by atoms with van der Waals surface area (Å²) in [7, 11) is 1.66. The van der Waals surface area contributed by atoms with Crippen molar-refractivity contribution in [3.63, 3.8) is 0 Å². The maximum absolute atomic E-state index is 11.4. The monoisotopic (exact) mass is 410 g/mol. The Hall–Kier alpha value is -2.04. The lowest BCUT2D eigenvalue weighted by atomic mass is 9.75. The molecule has 5 heteroatoms. The van der Waals surface area contributed by atoms with Crippen LogP contribution in [0.4, 0.5) is 0 Å². The summed E-state index contributed by atoms with van der Waals surface area (Å²) < 4.78 is 7.38. The molecule has 152 valence electrons. The van der Waals surface area contributed by atoms with E-state index in [0.29, 0.717) is 11.8 Å². The normalized spacial score (nSPS) is 23.3. The van der Waals surface area contributed by atoms with Gasteiger partial charge in [0, 0.05) is 5.02 Å². The number of fused-ring (bicyclic) bond motifs is 1. The molecule has 5 rings (SSSR count). The summed E-state index contributed by atoms with van der Waals surface area (Å²) in [6, 6.07) is 10.3. The van der Waals surface area contributed by atoms with Crippen molar-refractivity contribution in [1.29, 1.82) is 0 Å². The molecule has 0 spiro atoms. The second kappa shape index (κ2) is 7.66. The van der Waals surface area contributed by atoms with Crippen LogP contribution in [0.3, 0.4) is 0 Å². The Bertz CT molecular complexity index is 1020. The fourth-order valence-corrected chi connectivity index (χ4v) is 5.34. The Labute approximate surface area is 176 Å². The van der Waals surface area contributed by atoms with Crippen LogP contribution in [0.1, 0.15) is 73.3 Å². The van der Waals surface area contributed by atoms with Gasteiger partial charge in [-0.05, 0) is 85.6 Å². The molecule has 2 saturated carbocycles. The Morgan fingerprint density at radius 1 is 1.03 bits per heavy atom. The van der Waals surface area contributed by atoms with E-state index < -0.39 is 6.10 Å². The van der Waals surface area contributed by atoms with Crippen molar-refractivity contribution in [1.82, 2.24) is 9.38 Å². The number of benzene rings is 1. The minimum Gasteiger partial charge on any atom is -0.497 e. The van der Waals surface area contributed by atoms with Gasteiger partial charge in [-0.15, -0.1) is 0 Å². The van der Waals surface area contributed by atoms with Gasteiger partial charge in [-0.1, -0.05) is 23.7 Å². The van der Waals surface area contributed by atoms with E-state index in [4.69, 9.17) is 16.3 Å². The molecule has 1 atom stereocenters. The van der Waals surface area contributed by atoms with Gasteiger partial charge in [-0.3, -0.25) is 0 Å². The van der Waals surface area contributed by atoms with E-state index in [2.05, 4.69) is 27.6 Å². The number of aliphatic hydroxyl groups excluding tert-OH is 1. The highest BCUT2D eigenvalue weighted by Crippen LogP contribution is 2.47. The standard InChI is InChI=1S/C24H27ClN2O2/c1-29-19-9-11-20(22(25)12-19)15-4-6-17(7-5-15)24(28)23-21(16-2-3-16)10-8-18-13-26-14-27(18)23/h8-17,24,28H,2-7H2,1H3. The largest absolute Gasteiger partial charge is 0.497 e. The Morgan fingerprint density at radius 3 is 2.41 bits per heavy atom. The summed E-state index contributed by atoms with van der Waals surface area (Å²) in [6.07, 6.45) is 9.82. The molecule has 3 aromatic rings. The maximum Gasteiger partial charge on any atom is 0.120 e. The number of hydrogen-bond donors (Lipinski definition) is 1. The summed E-state index contributed by atoms with van der Waals surface area (Å²) in [6.45, 7) is 0. The van der Waals surface area contributed by atoms with Gasteiger partial charge in [0.2, 0.25) is 0 Å². The molecule has 0 amide bonds. The van der Waals surface area contributed by atoms with Crippen LogP contribution in [0.5, 0.6) is 5.75 Å². The Morgan fingerprint density at radius 2 is 1.72 bits per heavy atom. The predicted octanol–water partition coefficient (Wildman–Crippen LogP) is 5.88. The van der Waals surface area contributed by atoms with Gasteiger partial charge >= 0.3 is 0 Å². The average molecular weight is 411 g/mol. The molecule has 2 fully saturated rings. The molecule has 0 aliphatic heterocycles. The second-order valence-electron chi connectivity index (χ2n) is 8.58. The Balaban J connectivity index is 1.36. The third-order valence-corrected chi connectivity index (χ3v) is 7.15. The predicted molar refractivity (Wildman–Crippen MR) is 115 cm³/mol. The van der Waals surface area contributed by atoms with E-state index in [-0.39, 0.29) is 5.92 Å². The molecule has 1 N–H and O–H groups in total. The van der Waals surface area contributed by atoms with Gasteiger partial charge in [-0.2, -0.15) is 0 Å². The zero-order valence-corrected chi connectivity index (χ0v) is 17.5. The van der Waals surface area contributed by atoms with Crippen molar-refractivity contribution in [2.24, 2.45) is 5.92 Å². The smallest absolute Gasteiger partial charge is 0.120 e. The van der Waals surface area contributed by atoms with E-state index in [1.54, 1.807) is 7.11 Å². The first-order chi connectivity index (χ1) is 14.2. The minimum atomic E-state index is -0.448. The minimum absolute atomic E-state index is 0.272. The van der Waals surface area contributed by atoms with Gasteiger partial charge in [0.15, 0.2) is 0 Å². The number of rotatable bonds is 5. The molecule has 2 heterocycles. The van der Waals surface area contributed by atoms with Gasteiger partial charge in [-0.25, -0.2) is 4.98 Å². The highest BCUT2D eigenvalue weighted by molar-refractivity contribution is 6.31. The molecule has 0 bridgehead atoms. The van der Waals surface area contributed by atoms with Crippen molar-refractivity contribution >= 4 is 17.1 Å². The van der Waals surface area contributed by atoms with Crippen LogP contribution < -0.4 is 4.74 Å². The fraction of sp³-hybridized carbons (Fsp3) is 0.458. The van der Waals surface area contributed by atoms with Gasteiger partial charge in [0.05, 0.1) is 36.9 Å². The SMILES string of the molecule is COc1ccc(C2CCC(C(O)c3c(C4CC4)ccc4cncn34)CC2)c(Cl)c1. The fourth-order valence-electron chi connectivity index (χ4n) is 5.02. The number of hydrogen-bond acceptors (Lipinski definition) is 3. The van der Waals surface area contributed by atoms with E-state index >= 15 is 0 Å². The van der Waals surface area contributed by atoms with Crippen LogP contribution in [0, 0.1) is 5.92 Å². The molecule has 0 saturated heterocycles. The molecule has 2 aliphatic rings. The van der Waals surface area contributed by atoms with Gasteiger partial charge in [0.25, 0.3) is 0 Å². The van der Waals surface area contributed by atoms with Crippen LogP contribution in [-0.2, 0) is 0 Å². The lowest BCUT2D eigenvalue weighted by molar-refractivity contribution is 0.0754. The van der Waals surface area contributed by atoms with Crippen molar-refractivity contribution in [3.8, 4) is 5.75 Å². The van der Waals surface area contributed by atoms with Crippen molar-refractivity contribution in [2.75, 3.05) is 7.11 Å². The first-order valence-corrected chi connectivity index (χ1v) is 11.0. The zero-order valence-electron chi connectivity index (χ0n) is 16.7. The number of pyridine rings is 1. The molecule has 1 aromatic carbocycles. The first-order valence-electron chi connectivity index (χ1n) is 10.6. The molecule has 2 aromatic heterocycles. The Kier molecular flexibility index (Phi) is 5.00. The van der Waals surface area contributed by atoms with Crippen molar-refractivity contribution in [2.45, 2.75) is 56.5 Å². The quantitative estimate of drug-likeness (QED) is 0.571. The number of imidazole rings is 1.